The molecule has 0 aromatic carbocycles. The molecule has 0 saturated carbocycles. The van der Waals surface area contributed by atoms with E-state index < -0.39 is 0 Å². The molecule has 0 atom stereocenters. The summed E-state index contributed by atoms with van der Waals surface area (Å²) >= 11 is 0. The van der Waals surface area contributed by atoms with Gasteiger partial charge in [0.25, 0.3) is 5.91 Å². The van der Waals surface area contributed by atoms with Gasteiger partial charge >= 0.3 is 0 Å². The molecule has 1 amide bonds. The average molecular weight is 156 g/mol. The first kappa shape index (κ1) is 10.0. The maximum atomic E-state index is 10.8. The fourth-order valence-electron chi connectivity index (χ4n) is 0.798. The van der Waals surface area contributed by atoms with Crippen LogP contribution in [0.25, 0.3) is 0 Å². The van der Waals surface area contributed by atoms with Crippen molar-refractivity contribution in [3.63, 3.8) is 0 Å². The maximum absolute atomic E-state index is 10.8. The molecule has 0 aliphatic carbocycles. The number of allylic oxidation sites excluding steroid dienone is 1. The highest BCUT2D eigenvalue weighted by Crippen LogP contribution is 2.04. The van der Waals surface area contributed by atoms with E-state index in [-0.39, 0.29) is 5.91 Å². The number of carbonyl (C=O) groups excluding carboxylic acids is 1. The van der Waals surface area contributed by atoms with Crippen LogP contribution in [0.5, 0.6) is 0 Å². The number of hydrogen-bond acceptors (Lipinski definition) is 2. The number of nitrogens with zero attached hydrogens (tertiary/aromatic N) is 1. The van der Waals surface area contributed by atoms with Gasteiger partial charge in [0.2, 0.25) is 0 Å². The lowest BCUT2D eigenvalue weighted by Crippen LogP contribution is -2.33. The monoisotopic (exact) mass is 156 g/mol. The molecule has 0 aromatic rings. The van der Waals surface area contributed by atoms with Crippen molar-refractivity contribution in [3.05, 3.63) is 11.8 Å². The Bertz CT molecular complexity index is 173. The highest BCUT2D eigenvalue weighted by atomic mass is 16.1. The van der Waals surface area contributed by atoms with Gasteiger partial charge in [-0.3, -0.25) is 4.79 Å². The van der Waals surface area contributed by atoms with E-state index in [1.807, 2.05) is 25.8 Å². The lowest BCUT2D eigenvalue weighted by Gasteiger charge is -2.24. The molecule has 0 fully saturated rings. The third-order valence-electron chi connectivity index (χ3n) is 1.68. The van der Waals surface area contributed by atoms with Gasteiger partial charge in [-0.25, -0.2) is 0 Å². The summed E-state index contributed by atoms with van der Waals surface area (Å²) in [6, 6.07) is 0.300. The first-order valence-corrected chi connectivity index (χ1v) is 3.69. The van der Waals surface area contributed by atoms with Crippen LogP contribution in [-0.2, 0) is 4.79 Å². The molecule has 0 bridgehead atoms. The maximum Gasteiger partial charge on any atom is 0.264 e. The van der Waals surface area contributed by atoms with Crippen LogP contribution >= 0.6 is 0 Å². The molecule has 0 saturated heterocycles. The molecule has 0 heterocycles. The van der Waals surface area contributed by atoms with E-state index in [1.165, 1.54) is 0 Å². The fourth-order valence-corrected chi connectivity index (χ4v) is 0.798. The number of carbonyl (C=O) groups is 1. The third kappa shape index (κ3) is 2.62. The molecule has 0 spiro atoms. The molecular weight excluding hydrogens is 140 g/mol. The van der Waals surface area contributed by atoms with Crippen molar-refractivity contribution in [1.29, 1.82) is 0 Å². The Balaban J connectivity index is 4.41. The van der Waals surface area contributed by atoms with E-state index in [0.29, 0.717) is 11.7 Å². The Morgan fingerprint density at radius 2 is 2.00 bits per heavy atom. The second-order valence-corrected chi connectivity index (χ2v) is 2.74. The third-order valence-corrected chi connectivity index (χ3v) is 1.68. The average Bonchev–Trinajstić information content (AvgIpc) is 1.88. The molecule has 2 N–H and O–H groups in total. The predicted octanol–water partition coefficient (Wildman–Crippen LogP) is 0.716. The minimum absolute atomic E-state index is 0.300. The summed E-state index contributed by atoms with van der Waals surface area (Å²) in [5.41, 5.74) is 5.71. The molecule has 3 nitrogen and oxygen atoms in total. The van der Waals surface area contributed by atoms with Gasteiger partial charge in [0.1, 0.15) is 0 Å². The Hall–Kier alpha value is -0.990. The van der Waals surface area contributed by atoms with Crippen LogP contribution in [0.1, 0.15) is 20.8 Å². The van der Waals surface area contributed by atoms with Gasteiger partial charge in [0.05, 0.1) is 5.70 Å². The minimum Gasteiger partial charge on any atom is -0.368 e. The topological polar surface area (TPSA) is 46.3 Å². The van der Waals surface area contributed by atoms with Crippen molar-refractivity contribution in [1.82, 2.24) is 4.90 Å². The number of nitrogens with two attached hydrogens (primary N) is 1. The lowest BCUT2D eigenvalue weighted by molar-refractivity contribution is -0.116. The van der Waals surface area contributed by atoms with Gasteiger partial charge in [0.15, 0.2) is 0 Å². The summed E-state index contributed by atoms with van der Waals surface area (Å²) in [4.78, 5) is 12.6. The molecule has 3 heteroatoms. The molecule has 64 valence electrons. The van der Waals surface area contributed by atoms with E-state index in [4.69, 9.17) is 5.73 Å². The van der Waals surface area contributed by atoms with E-state index in [9.17, 15) is 4.79 Å². The lowest BCUT2D eigenvalue weighted by atomic mass is 10.3. The van der Waals surface area contributed by atoms with Crippen LogP contribution in [-0.4, -0.2) is 23.9 Å². The Kier molecular flexibility index (Phi) is 3.65. The number of hydrogen-bond donors (Lipinski definition) is 1. The van der Waals surface area contributed by atoms with Crippen LogP contribution in [0, 0.1) is 0 Å². The molecule has 11 heavy (non-hydrogen) atoms. The Morgan fingerprint density at radius 1 is 1.55 bits per heavy atom. The summed E-state index contributed by atoms with van der Waals surface area (Å²) < 4.78 is 0. The molecule has 0 rings (SSSR count). The fraction of sp³-hybridized carbons (Fsp3) is 0.625. The van der Waals surface area contributed by atoms with Crippen LogP contribution in [0.2, 0.25) is 0 Å². The number of rotatable bonds is 3. The van der Waals surface area contributed by atoms with E-state index in [0.717, 1.165) is 0 Å². The number of amides is 1. The van der Waals surface area contributed by atoms with E-state index in [1.54, 1.807) is 13.0 Å². The summed E-state index contributed by atoms with van der Waals surface area (Å²) in [5, 5.41) is 0. The highest BCUT2D eigenvalue weighted by molar-refractivity contribution is 5.91. The second-order valence-electron chi connectivity index (χ2n) is 2.74. The minimum atomic E-state index is -0.372. The van der Waals surface area contributed by atoms with E-state index in [2.05, 4.69) is 0 Å². The zero-order valence-electron chi connectivity index (χ0n) is 7.59. The van der Waals surface area contributed by atoms with Gasteiger partial charge < -0.3 is 10.6 Å². The number of likely N-dealkylation sites (N-methyl/N-ethyl adjacent to an activating group) is 1. The summed E-state index contributed by atoms with van der Waals surface area (Å²) in [6.07, 6.45) is 1.72. The van der Waals surface area contributed by atoms with E-state index >= 15 is 0 Å². The smallest absolute Gasteiger partial charge is 0.264 e. The first-order chi connectivity index (χ1) is 5.00. The highest BCUT2D eigenvalue weighted by Gasteiger charge is 2.11. The van der Waals surface area contributed by atoms with Crippen molar-refractivity contribution in [3.8, 4) is 0 Å². The second kappa shape index (κ2) is 4.01. The van der Waals surface area contributed by atoms with Crippen LogP contribution in [0.3, 0.4) is 0 Å². The molecular formula is C8H16N2O. The van der Waals surface area contributed by atoms with Crippen molar-refractivity contribution < 1.29 is 4.79 Å². The van der Waals surface area contributed by atoms with Crippen molar-refractivity contribution in [2.75, 3.05) is 7.05 Å². The van der Waals surface area contributed by atoms with Crippen molar-refractivity contribution >= 4 is 5.91 Å². The Morgan fingerprint density at radius 3 is 2.09 bits per heavy atom. The summed E-state index contributed by atoms with van der Waals surface area (Å²) in [5.74, 6) is -0.372. The molecule has 0 unspecified atom stereocenters. The van der Waals surface area contributed by atoms with Gasteiger partial charge in [-0.05, 0) is 20.8 Å². The van der Waals surface area contributed by atoms with Crippen LogP contribution in [0.15, 0.2) is 11.8 Å². The zero-order valence-corrected chi connectivity index (χ0v) is 7.59. The van der Waals surface area contributed by atoms with Crippen molar-refractivity contribution in [2.45, 2.75) is 26.8 Å². The summed E-state index contributed by atoms with van der Waals surface area (Å²) in [7, 11) is 1.85. The van der Waals surface area contributed by atoms with Gasteiger partial charge in [-0.2, -0.15) is 0 Å². The van der Waals surface area contributed by atoms with Gasteiger partial charge in [-0.15, -0.1) is 0 Å². The summed E-state index contributed by atoms with van der Waals surface area (Å²) in [6.45, 7) is 5.82. The van der Waals surface area contributed by atoms with Crippen LogP contribution < -0.4 is 5.73 Å². The largest absolute Gasteiger partial charge is 0.368 e. The Labute approximate surface area is 67.9 Å². The molecule has 0 aliphatic heterocycles. The SMILES string of the molecule is C/C=C(/C(N)=O)N(C)C(C)C. The quantitative estimate of drug-likeness (QED) is 0.612. The first-order valence-electron chi connectivity index (χ1n) is 3.69. The standard InChI is InChI=1S/C8H16N2O/c1-5-7(8(9)11)10(4)6(2)3/h5-6H,1-4H3,(H2,9,11)/b7-5-. The number of primary amides is 1. The molecule has 0 aromatic heterocycles. The van der Waals surface area contributed by atoms with Crippen LogP contribution in [0.4, 0.5) is 0 Å². The van der Waals surface area contributed by atoms with Crippen molar-refractivity contribution in [2.24, 2.45) is 5.73 Å². The van der Waals surface area contributed by atoms with Gasteiger partial charge in [0, 0.05) is 13.1 Å². The predicted molar refractivity (Wildman–Crippen MR) is 45.9 cm³/mol. The molecule has 0 aliphatic rings. The normalized spacial score (nSPS) is 11.9. The molecule has 0 radical (unpaired) electrons. The zero-order chi connectivity index (χ0) is 9.02. The van der Waals surface area contributed by atoms with Gasteiger partial charge in [-0.1, -0.05) is 6.08 Å².